The average Bonchev–Trinajstić information content (AvgIpc) is 2.15. The summed E-state index contributed by atoms with van der Waals surface area (Å²) >= 11 is 0. The van der Waals surface area contributed by atoms with Gasteiger partial charge in [0.2, 0.25) is 0 Å². The van der Waals surface area contributed by atoms with Gasteiger partial charge >= 0.3 is 12.1 Å². The minimum atomic E-state index is -4.25. The van der Waals surface area contributed by atoms with Crippen LogP contribution in [0.1, 0.15) is 16.1 Å². The van der Waals surface area contributed by atoms with E-state index in [1.165, 1.54) is 19.2 Å². The van der Waals surface area contributed by atoms with Gasteiger partial charge in [-0.15, -0.1) is 0 Å². The van der Waals surface area contributed by atoms with E-state index in [0.717, 1.165) is 11.1 Å². The summed E-state index contributed by atoms with van der Waals surface area (Å²) in [5.74, 6) is -1.12. The largest absolute Gasteiger partial charge is 0.478 e. The second kappa shape index (κ2) is 5.13. The molecule has 1 rings (SSSR count). The molecule has 4 nitrogen and oxygen atoms in total. The fraction of sp³-hybridized carbons (Fsp3) is 0.400. The third-order valence-electron chi connectivity index (χ3n) is 1.95. The monoisotopic (exact) mass is 248 g/mol. The third-order valence-corrected chi connectivity index (χ3v) is 1.95. The molecule has 0 saturated carbocycles. The summed E-state index contributed by atoms with van der Waals surface area (Å²) in [4.78, 5) is 15.4. The number of aromatic nitrogens is 1. The van der Waals surface area contributed by atoms with Gasteiger partial charge in [-0.3, -0.25) is 9.88 Å². The molecule has 94 valence electrons. The molecule has 1 aromatic rings. The highest BCUT2D eigenvalue weighted by Gasteiger charge is 2.29. The highest BCUT2D eigenvalue weighted by molar-refractivity contribution is 5.87. The van der Waals surface area contributed by atoms with Crippen LogP contribution in [0.5, 0.6) is 0 Å². The highest BCUT2D eigenvalue weighted by atomic mass is 19.4. The van der Waals surface area contributed by atoms with Crippen molar-refractivity contribution in [3.63, 3.8) is 0 Å². The molecule has 0 aliphatic heterocycles. The van der Waals surface area contributed by atoms with E-state index in [1.54, 1.807) is 0 Å². The Morgan fingerprint density at radius 2 is 2.12 bits per heavy atom. The summed E-state index contributed by atoms with van der Waals surface area (Å²) in [7, 11) is 1.32. The standard InChI is InChI=1S/C10H11F3N2O2/c1-15(6-10(11,12)13)5-8-3-2-7(4-14-8)9(16)17/h2-4H,5-6H2,1H3,(H,16,17). The van der Waals surface area contributed by atoms with Crippen molar-refractivity contribution in [2.24, 2.45) is 0 Å². The normalized spacial score (nSPS) is 11.8. The lowest BCUT2D eigenvalue weighted by Crippen LogP contribution is -2.30. The SMILES string of the molecule is CN(Cc1ccc(C(=O)O)cn1)CC(F)(F)F. The summed E-state index contributed by atoms with van der Waals surface area (Å²) in [5.41, 5.74) is 0.397. The van der Waals surface area contributed by atoms with E-state index in [4.69, 9.17) is 5.11 Å². The zero-order chi connectivity index (χ0) is 13.1. The molecule has 0 bridgehead atoms. The molecular weight excluding hydrogens is 237 g/mol. The van der Waals surface area contributed by atoms with Crippen LogP contribution in [0.2, 0.25) is 0 Å². The molecule has 0 aliphatic rings. The molecule has 0 radical (unpaired) electrons. The lowest BCUT2D eigenvalue weighted by molar-refractivity contribution is -0.144. The van der Waals surface area contributed by atoms with Crippen LogP contribution in [0.15, 0.2) is 18.3 Å². The van der Waals surface area contributed by atoms with Crippen LogP contribution in [-0.2, 0) is 6.54 Å². The van der Waals surface area contributed by atoms with Gasteiger partial charge < -0.3 is 5.11 Å². The Balaban J connectivity index is 2.60. The number of carboxylic acids is 1. The number of rotatable bonds is 4. The predicted octanol–water partition coefficient (Wildman–Crippen LogP) is 1.77. The first-order valence-corrected chi connectivity index (χ1v) is 4.71. The number of halogens is 3. The van der Waals surface area contributed by atoms with Crippen molar-refractivity contribution in [1.29, 1.82) is 0 Å². The average molecular weight is 248 g/mol. The van der Waals surface area contributed by atoms with E-state index < -0.39 is 18.7 Å². The molecule has 17 heavy (non-hydrogen) atoms. The smallest absolute Gasteiger partial charge is 0.401 e. The van der Waals surface area contributed by atoms with Gasteiger partial charge in [0.15, 0.2) is 0 Å². The van der Waals surface area contributed by atoms with E-state index in [2.05, 4.69) is 4.98 Å². The first-order chi connectivity index (χ1) is 7.78. The van der Waals surface area contributed by atoms with E-state index in [1.807, 2.05) is 0 Å². The molecule has 1 N–H and O–H groups in total. The molecule has 0 aromatic carbocycles. The Morgan fingerprint density at radius 3 is 2.53 bits per heavy atom. The molecule has 0 atom stereocenters. The third kappa shape index (κ3) is 4.81. The van der Waals surface area contributed by atoms with Gasteiger partial charge in [-0.05, 0) is 19.2 Å². The number of pyridine rings is 1. The lowest BCUT2D eigenvalue weighted by atomic mass is 10.2. The summed E-state index contributed by atoms with van der Waals surface area (Å²) in [6, 6.07) is 2.71. The molecular formula is C10H11F3N2O2. The second-order valence-electron chi connectivity index (χ2n) is 3.63. The number of hydrogen-bond donors (Lipinski definition) is 1. The maximum atomic E-state index is 12.0. The van der Waals surface area contributed by atoms with E-state index >= 15 is 0 Å². The van der Waals surface area contributed by atoms with Crippen LogP contribution in [0.3, 0.4) is 0 Å². The van der Waals surface area contributed by atoms with Gasteiger partial charge in [-0.2, -0.15) is 13.2 Å². The number of hydrogen-bond acceptors (Lipinski definition) is 3. The molecule has 0 amide bonds. The highest BCUT2D eigenvalue weighted by Crippen LogP contribution is 2.16. The Bertz CT molecular complexity index is 390. The van der Waals surface area contributed by atoms with E-state index in [-0.39, 0.29) is 12.1 Å². The number of nitrogens with zero attached hydrogens (tertiary/aromatic N) is 2. The summed E-state index contributed by atoms with van der Waals surface area (Å²) < 4.78 is 36.1. The molecule has 0 unspecified atom stereocenters. The molecule has 0 aliphatic carbocycles. The summed E-state index contributed by atoms with van der Waals surface area (Å²) in [6.45, 7) is -1.02. The number of carboxylic acid groups (broad SMARTS) is 1. The Kier molecular flexibility index (Phi) is 4.06. The van der Waals surface area contributed by atoms with Gasteiger partial charge in [0, 0.05) is 12.7 Å². The van der Waals surface area contributed by atoms with Crippen LogP contribution < -0.4 is 0 Å². The minimum absolute atomic E-state index is 0.00669. The number of alkyl halides is 3. The topological polar surface area (TPSA) is 53.4 Å². The predicted molar refractivity (Wildman–Crippen MR) is 53.6 cm³/mol. The molecule has 7 heteroatoms. The minimum Gasteiger partial charge on any atom is -0.478 e. The van der Waals surface area contributed by atoms with Crippen LogP contribution in [-0.4, -0.2) is 40.7 Å². The first kappa shape index (κ1) is 13.4. The van der Waals surface area contributed by atoms with Crippen LogP contribution in [0, 0.1) is 0 Å². The van der Waals surface area contributed by atoms with Crippen molar-refractivity contribution < 1.29 is 23.1 Å². The van der Waals surface area contributed by atoms with Crippen molar-refractivity contribution in [2.75, 3.05) is 13.6 Å². The van der Waals surface area contributed by atoms with Crippen LogP contribution >= 0.6 is 0 Å². The number of aromatic carboxylic acids is 1. The molecule has 0 fully saturated rings. The van der Waals surface area contributed by atoms with E-state index in [9.17, 15) is 18.0 Å². The Hall–Kier alpha value is -1.63. The van der Waals surface area contributed by atoms with Crippen LogP contribution in [0.25, 0.3) is 0 Å². The van der Waals surface area contributed by atoms with Gasteiger partial charge in [-0.25, -0.2) is 4.79 Å². The zero-order valence-corrected chi connectivity index (χ0v) is 9.03. The maximum absolute atomic E-state index is 12.0. The van der Waals surface area contributed by atoms with Gasteiger partial charge in [-0.1, -0.05) is 0 Å². The molecule has 1 aromatic heterocycles. The van der Waals surface area contributed by atoms with Crippen molar-refractivity contribution in [2.45, 2.75) is 12.7 Å². The van der Waals surface area contributed by atoms with Gasteiger partial charge in [0.1, 0.15) is 0 Å². The summed E-state index contributed by atoms with van der Waals surface area (Å²) in [6.07, 6.45) is -3.13. The molecule has 0 saturated heterocycles. The van der Waals surface area contributed by atoms with Crippen molar-refractivity contribution in [3.8, 4) is 0 Å². The second-order valence-corrected chi connectivity index (χ2v) is 3.63. The molecule has 0 spiro atoms. The lowest BCUT2D eigenvalue weighted by Gasteiger charge is -2.17. The van der Waals surface area contributed by atoms with E-state index in [0.29, 0.717) is 5.69 Å². The first-order valence-electron chi connectivity index (χ1n) is 4.71. The fourth-order valence-corrected chi connectivity index (χ4v) is 1.28. The Labute approximate surface area is 95.7 Å². The summed E-state index contributed by atoms with van der Waals surface area (Å²) in [5, 5.41) is 8.61. The van der Waals surface area contributed by atoms with Gasteiger partial charge in [0.25, 0.3) is 0 Å². The molecule has 1 heterocycles. The quantitative estimate of drug-likeness (QED) is 0.882. The maximum Gasteiger partial charge on any atom is 0.401 e. The van der Waals surface area contributed by atoms with Crippen LogP contribution in [0.4, 0.5) is 13.2 Å². The fourth-order valence-electron chi connectivity index (χ4n) is 1.28. The number of carbonyl (C=O) groups is 1. The van der Waals surface area contributed by atoms with Crippen molar-refractivity contribution >= 4 is 5.97 Å². The zero-order valence-electron chi connectivity index (χ0n) is 9.03. The van der Waals surface area contributed by atoms with Crippen molar-refractivity contribution in [1.82, 2.24) is 9.88 Å². The van der Waals surface area contributed by atoms with Gasteiger partial charge in [0.05, 0.1) is 17.8 Å². The Morgan fingerprint density at radius 1 is 1.47 bits per heavy atom. The van der Waals surface area contributed by atoms with Crippen molar-refractivity contribution in [3.05, 3.63) is 29.6 Å².